The number of hydrogen-bond donors (Lipinski definition) is 2. The number of hydrogen-bond acceptors (Lipinski definition) is 3. The van der Waals surface area contributed by atoms with Crippen LogP contribution in [0.15, 0.2) is 12.7 Å². The average molecular weight is 213 g/mol. The fraction of sp³-hybridized carbons (Fsp3) is 0.727. The molecule has 0 amide bonds. The topological polar surface area (TPSA) is 58.6 Å². The van der Waals surface area contributed by atoms with Gasteiger partial charge in [-0.3, -0.25) is 10.1 Å². The molecule has 1 fully saturated rings. The Hall–Kier alpha value is -0.870. The van der Waals surface area contributed by atoms with Crippen LogP contribution in [0.3, 0.4) is 0 Å². The Morgan fingerprint density at radius 1 is 1.80 bits per heavy atom. The number of ether oxygens (including phenoxy) is 1. The molecule has 1 saturated heterocycles. The Morgan fingerprint density at radius 3 is 3.07 bits per heavy atom. The predicted molar refractivity (Wildman–Crippen MR) is 57.8 cm³/mol. The van der Waals surface area contributed by atoms with E-state index in [1.807, 2.05) is 6.92 Å². The smallest absolute Gasteiger partial charge is 0.324 e. The van der Waals surface area contributed by atoms with Crippen LogP contribution >= 0.6 is 0 Å². The van der Waals surface area contributed by atoms with E-state index in [9.17, 15) is 9.90 Å². The van der Waals surface area contributed by atoms with Crippen LogP contribution in [-0.4, -0.2) is 35.9 Å². The summed E-state index contributed by atoms with van der Waals surface area (Å²) in [6.07, 6.45) is 3.64. The van der Waals surface area contributed by atoms with Crippen molar-refractivity contribution in [2.75, 3.05) is 13.2 Å². The maximum Gasteiger partial charge on any atom is 0.324 e. The van der Waals surface area contributed by atoms with Crippen LogP contribution in [0.1, 0.15) is 26.2 Å². The van der Waals surface area contributed by atoms with Gasteiger partial charge in [-0.15, -0.1) is 6.58 Å². The molecule has 2 atom stereocenters. The molecule has 0 bridgehead atoms. The molecule has 0 aromatic heterocycles. The molecule has 0 aromatic carbocycles. The second kappa shape index (κ2) is 5.28. The standard InChI is InChI=1S/C11H19NO3/c1-3-6-12-11(10(13)14)5-7-15-9(4-2)8-11/h3,9,12H,1,4-8H2,2H3,(H,13,14). The molecule has 4 heteroatoms. The zero-order chi connectivity index (χ0) is 11.3. The van der Waals surface area contributed by atoms with Crippen molar-refractivity contribution in [3.05, 3.63) is 12.7 Å². The lowest BCUT2D eigenvalue weighted by Crippen LogP contribution is -2.57. The van der Waals surface area contributed by atoms with Gasteiger partial charge in [-0.05, 0) is 12.8 Å². The SMILES string of the molecule is C=CCNC1(C(=O)O)CCOC(CC)C1. The largest absolute Gasteiger partial charge is 0.480 e. The Kier molecular flexibility index (Phi) is 4.29. The Bertz CT molecular complexity index is 242. The van der Waals surface area contributed by atoms with Gasteiger partial charge in [0.25, 0.3) is 0 Å². The molecule has 0 aliphatic carbocycles. The minimum absolute atomic E-state index is 0.0483. The quantitative estimate of drug-likeness (QED) is 0.673. The van der Waals surface area contributed by atoms with Crippen LogP contribution in [0.2, 0.25) is 0 Å². The molecular formula is C11H19NO3. The van der Waals surface area contributed by atoms with Crippen molar-refractivity contribution < 1.29 is 14.6 Å². The van der Waals surface area contributed by atoms with E-state index in [-0.39, 0.29) is 6.10 Å². The van der Waals surface area contributed by atoms with Crippen molar-refractivity contribution in [1.82, 2.24) is 5.32 Å². The highest BCUT2D eigenvalue weighted by Gasteiger charge is 2.42. The van der Waals surface area contributed by atoms with E-state index in [1.54, 1.807) is 6.08 Å². The Balaban J connectivity index is 2.70. The molecule has 15 heavy (non-hydrogen) atoms. The minimum atomic E-state index is -0.826. The number of nitrogens with one attached hydrogen (secondary N) is 1. The lowest BCUT2D eigenvalue weighted by Gasteiger charge is -2.38. The van der Waals surface area contributed by atoms with E-state index < -0.39 is 11.5 Å². The van der Waals surface area contributed by atoms with Crippen molar-refractivity contribution in [3.8, 4) is 0 Å². The van der Waals surface area contributed by atoms with E-state index in [2.05, 4.69) is 11.9 Å². The van der Waals surface area contributed by atoms with Gasteiger partial charge in [-0.1, -0.05) is 13.0 Å². The molecule has 1 aliphatic heterocycles. The molecule has 2 N–H and O–H groups in total. The highest BCUT2D eigenvalue weighted by atomic mass is 16.5. The first-order chi connectivity index (χ1) is 7.14. The van der Waals surface area contributed by atoms with Gasteiger partial charge in [-0.2, -0.15) is 0 Å². The third-order valence-corrected chi connectivity index (χ3v) is 2.91. The number of aliphatic carboxylic acids is 1. The summed E-state index contributed by atoms with van der Waals surface area (Å²) in [5, 5.41) is 12.3. The second-order valence-electron chi connectivity index (χ2n) is 3.91. The molecular weight excluding hydrogens is 194 g/mol. The van der Waals surface area contributed by atoms with Gasteiger partial charge in [0.2, 0.25) is 0 Å². The summed E-state index contributed by atoms with van der Waals surface area (Å²) in [5.74, 6) is -0.786. The number of carbonyl (C=O) groups is 1. The van der Waals surface area contributed by atoms with Crippen LogP contribution in [0.4, 0.5) is 0 Å². The molecule has 86 valence electrons. The normalized spacial score (nSPS) is 31.1. The van der Waals surface area contributed by atoms with E-state index in [4.69, 9.17) is 4.74 Å². The van der Waals surface area contributed by atoms with Gasteiger partial charge < -0.3 is 9.84 Å². The summed E-state index contributed by atoms with van der Waals surface area (Å²) < 4.78 is 5.48. The zero-order valence-electron chi connectivity index (χ0n) is 9.16. The third kappa shape index (κ3) is 2.79. The van der Waals surface area contributed by atoms with E-state index in [0.717, 1.165) is 6.42 Å². The van der Waals surface area contributed by atoms with Crippen molar-refractivity contribution in [2.45, 2.75) is 37.8 Å². The molecule has 2 unspecified atom stereocenters. The highest BCUT2D eigenvalue weighted by molar-refractivity contribution is 5.79. The van der Waals surface area contributed by atoms with Gasteiger partial charge in [0.15, 0.2) is 0 Å². The van der Waals surface area contributed by atoms with E-state index in [0.29, 0.717) is 26.0 Å². The number of rotatable bonds is 5. The first kappa shape index (κ1) is 12.2. The Labute approximate surface area is 90.3 Å². The van der Waals surface area contributed by atoms with E-state index >= 15 is 0 Å². The zero-order valence-corrected chi connectivity index (χ0v) is 9.16. The fourth-order valence-corrected chi connectivity index (χ4v) is 1.91. The molecule has 1 rings (SSSR count). The van der Waals surface area contributed by atoms with Crippen LogP contribution < -0.4 is 5.32 Å². The van der Waals surface area contributed by atoms with Crippen LogP contribution in [-0.2, 0) is 9.53 Å². The first-order valence-electron chi connectivity index (χ1n) is 5.35. The molecule has 0 aromatic rings. The van der Waals surface area contributed by atoms with Crippen LogP contribution in [0, 0.1) is 0 Å². The fourth-order valence-electron chi connectivity index (χ4n) is 1.91. The monoisotopic (exact) mass is 213 g/mol. The summed E-state index contributed by atoms with van der Waals surface area (Å²) in [7, 11) is 0. The van der Waals surface area contributed by atoms with Gasteiger partial charge in [0, 0.05) is 19.6 Å². The summed E-state index contributed by atoms with van der Waals surface area (Å²) in [4.78, 5) is 11.3. The van der Waals surface area contributed by atoms with E-state index in [1.165, 1.54) is 0 Å². The number of carboxylic acids is 1. The maximum absolute atomic E-state index is 11.3. The predicted octanol–water partition coefficient (Wildman–Crippen LogP) is 1.17. The summed E-state index contributed by atoms with van der Waals surface area (Å²) in [5.41, 5.74) is -0.826. The molecule has 1 heterocycles. The van der Waals surface area contributed by atoms with Crippen LogP contribution in [0.5, 0.6) is 0 Å². The summed E-state index contributed by atoms with van der Waals surface area (Å²) in [6.45, 7) is 6.62. The lowest BCUT2D eigenvalue weighted by atomic mass is 9.86. The molecule has 0 saturated carbocycles. The second-order valence-corrected chi connectivity index (χ2v) is 3.91. The summed E-state index contributed by atoms with van der Waals surface area (Å²) >= 11 is 0. The minimum Gasteiger partial charge on any atom is -0.480 e. The third-order valence-electron chi connectivity index (χ3n) is 2.91. The molecule has 1 aliphatic rings. The molecule has 4 nitrogen and oxygen atoms in total. The van der Waals surface area contributed by atoms with Crippen molar-refractivity contribution in [1.29, 1.82) is 0 Å². The van der Waals surface area contributed by atoms with Gasteiger partial charge in [-0.25, -0.2) is 0 Å². The Morgan fingerprint density at radius 2 is 2.53 bits per heavy atom. The van der Waals surface area contributed by atoms with Crippen LogP contribution in [0.25, 0.3) is 0 Å². The summed E-state index contributed by atoms with van der Waals surface area (Å²) in [6, 6.07) is 0. The molecule has 0 spiro atoms. The lowest BCUT2D eigenvalue weighted by molar-refractivity contribution is -0.152. The van der Waals surface area contributed by atoms with Gasteiger partial charge in [0.1, 0.15) is 5.54 Å². The van der Waals surface area contributed by atoms with Gasteiger partial charge >= 0.3 is 5.97 Å². The van der Waals surface area contributed by atoms with Crippen molar-refractivity contribution in [3.63, 3.8) is 0 Å². The van der Waals surface area contributed by atoms with Gasteiger partial charge in [0.05, 0.1) is 6.10 Å². The number of carboxylic acid groups (broad SMARTS) is 1. The van der Waals surface area contributed by atoms with Crippen molar-refractivity contribution in [2.24, 2.45) is 0 Å². The first-order valence-corrected chi connectivity index (χ1v) is 5.35. The molecule has 0 radical (unpaired) electrons. The highest BCUT2D eigenvalue weighted by Crippen LogP contribution is 2.26. The maximum atomic E-state index is 11.3. The van der Waals surface area contributed by atoms with Crippen molar-refractivity contribution >= 4 is 5.97 Å². The average Bonchev–Trinajstić information content (AvgIpc) is 2.26.